The van der Waals surface area contributed by atoms with Crippen LogP contribution in [0.3, 0.4) is 0 Å². The Bertz CT molecular complexity index is 1120. The number of rotatable bonds is 7. The van der Waals surface area contributed by atoms with Crippen LogP contribution < -0.4 is 10.3 Å². The van der Waals surface area contributed by atoms with Gasteiger partial charge in [-0.1, -0.05) is 15.9 Å². The maximum atomic E-state index is 12.4. The second kappa shape index (κ2) is 8.27. The van der Waals surface area contributed by atoms with Gasteiger partial charge in [-0.15, -0.1) is 0 Å². The Labute approximate surface area is 166 Å². The van der Waals surface area contributed by atoms with Crippen LogP contribution in [-0.2, 0) is 9.84 Å². The molecule has 27 heavy (non-hydrogen) atoms. The first-order chi connectivity index (χ1) is 12.8. The Morgan fingerprint density at radius 2 is 1.85 bits per heavy atom. The summed E-state index contributed by atoms with van der Waals surface area (Å²) in [4.78, 5) is 14.4. The third-order valence-electron chi connectivity index (χ3n) is 4.26. The van der Waals surface area contributed by atoms with Gasteiger partial charge in [-0.2, -0.15) is 0 Å². The fourth-order valence-corrected chi connectivity index (χ4v) is 4.43. The Kier molecular flexibility index (Phi) is 6.01. The molecule has 1 aromatic heterocycles. The van der Waals surface area contributed by atoms with Crippen LogP contribution in [0.2, 0.25) is 0 Å². The van der Waals surface area contributed by atoms with Gasteiger partial charge in [0.1, 0.15) is 5.75 Å². The van der Waals surface area contributed by atoms with E-state index in [9.17, 15) is 13.2 Å². The van der Waals surface area contributed by atoms with Crippen LogP contribution >= 0.6 is 15.9 Å². The zero-order valence-electron chi connectivity index (χ0n) is 14.9. The van der Waals surface area contributed by atoms with Crippen molar-refractivity contribution < 1.29 is 13.2 Å². The van der Waals surface area contributed by atoms with Crippen molar-refractivity contribution in [1.82, 2.24) is 4.98 Å². The van der Waals surface area contributed by atoms with Crippen molar-refractivity contribution >= 4 is 36.7 Å². The van der Waals surface area contributed by atoms with Gasteiger partial charge in [0, 0.05) is 21.4 Å². The van der Waals surface area contributed by atoms with Crippen molar-refractivity contribution in [2.24, 2.45) is 0 Å². The lowest BCUT2D eigenvalue weighted by Gasteiger charge is -2.08. The second-order valence-electron chi connectivity index (χ2n) is 6.36. The topological polar surface area (TPSA) is 76.2 Å². The number of H-pyrrole nitrogens is 1. The number of aromatic nitrogens is 1. The van der Waals surface area contributed by atoms with E-state index in [1.807, 2.05) is 13.0 Å². The molecule has 0 unspecified atom stereocenters. The number of sulfone groups is 1. The Balaban J connectivity index is 1.52. The number of hydrogen-bond donors (Lipinski definition) is 1. The lowest BCUT2D eigenvalue weighted by atomic mass is 10.2. The molecular weight excluding hydrogens is 430 g/mol. The van der Waals surface area contributed by atoms with Crippen LogP contribution in [0.1, 0.15) is 18.4 Å². The Morgan fingerprint density at radius 1 is 1.04 bits per heavy atom. The number of ether oxygens (including phenoxy) is 1. The molecule has 0 saturated carbocycles. The highest BCUT2D eigenvalue weighted by Gasteiger charge is 2.14. The van der Waals surface area contributed by atoms with E-state index in [0.29, 0.717) is 30.1 Å². The van der Waals surface area contributed by atoms with Crippen molar-refractivity contribution in [3.8, 4) is 5.75 Å². The number of pyridine rings is 1. The predicted molar refractivity (Wildman–Crippen MR) is 110 cm³/mol. The van der Waals surface area contributed by atoms with Gasteiger partial charge in [-0.05, 0) is 67.8 Å². The first kappa shape index (κ1) is 19.6. The van der Waals surface area contributed by atoms with Crippen LogP contribution in [0.25, 0.3) is 10.9 Å². The first-order valence-electron chi connectivity index (χ1n) is 8.60. The molecule has 3 rings (SSSR count). The highest BCUT2D eigenvalue weighted by atomic mass is 79.9. The quantitative estimate of drug-likeness (QED) is 0.547. The van der Waals surface area contributed by atoms with Crippen LogP contribution in [-0.4, -0.2) is 25.8 Å². The van der Waals surface area contributed by atoms with Gasteiger partial charge >= 0.3 is 0 Å². The molecule has 2 aromatic carbocycles. The summed E-state index contributed by atoms with van der Waals surface area (Å²) in [6.07, 6.45) is 1.16. The van der Waals surface area contributed by atoms with Crippen molar-refractivity contribution in [3.63, 3.8) is 0 Å². The van der Waals surface area contributed by atoms with Gasteiger partial charge < -0.3 is 9.72 Å². The van der Waals surface area contributed by atoms with Gasteiger partial charge in [-0.3, -0.25) is 4.79 Å². The molecule has 0 aliphatic rings. The number of hydrogen-bond acceptors (Lipinski definition) is 4. The molecule has 7 heteroatoms. The van der Waals surface area contributed by atoms with E-state index in [-0.39, 0.29) is 11.3 Å². The lowest BCUT2D eigenvalue weighted by Crippen LogP contribution is -2.09. The molecule has 0 aliphatic heterocycles. The minimum absolute atomic E-state index is 0.0936. The summed E-state index contributed by atoms with van der Waals surface area (Å²) in [5.41, 5.74) is 1.51. The third-order valence-corrected chi connectivity index (χ3v) is 6.95. The van der Waals surface area contributed by atoms with Crippen LogP contribution in [0.15, 0.2) is 62.7 Å². The normalized spacial score (nSPS) is 11.6. The van der Waals surface area contributed by atoms with Crippen LogP contribution in [0, 0.1) is 6.92 Å². The molecule has 0 spiro atoms. The summed E-state index contributed by atoms with van der Waals surface area (Å²) < 4.78 is 31.4. The number of unbranched alkanes of at least 4 members (excludes halogenated alkanes) is 1. The van der Waals surface area contributed by atoms with Crippen molar-refractivity contribution in [2.45, 2.75) is 24.7 Å². The van der Waals surface area contributed by atoms with Crippen molar-refractivity contribution in [2.75, 3.05) is 12.4 Å². The molecule has 0 amide bonds. The van der Waals surface area contributed by atoms with Crippen molar-refractivity contribution in [1.29, 1.82) is 0 Å². The number of aryl methyl sites for hydroxylation is 1. The molecule has 0 aliphatic carbocycles. The molecule has 0 radical (unpaired) electrons. The minimum Gasteiger partial charge on any atom is -0.494 e. The van der Waals surface area contributed by atoms with Crippen LogP contribution in [0.5, 0.6) is 5.75 Å². The Morgan fingerprint density at radius 3 is 2.63 bits per heavy atom. The summed E-state index contributed by atoms with van der Waals surface area (Å²) in [6.45, 7) is 2.31. The molecule has 142 valence electrons. The fourth-order valence-electron chi connectivity index (χ4n) is 2.73. The van der Waals surface area contributed by atoms with Crippen LogP contribution in [0.4, 0.5) is 0 Å². The van der Waals surface area contributed by atoms with E-state index < -0.39 is 9.84 Å². The molecule has 0 saturated heterocycles. The average Bonchev–Trinajstić information content (AvgIpc) is 2.63. The van der Waals surface area contributed by atoms with Gasteiger partial charge in [-0.25, -0.2) is 8.42 Å². The van der Waals surface area contributed by atoms with Gasteiger partial charge in [0.05, 0.1) is 17.3 Å². The summed E-state index contributed by atoms with van der Waals surface area (Å²) in [5.74, 6) is 0.789. The molecule has 0 fully saturated rings. The number of fused-ring (bicyclic) bond motifs is 1. The smallest absolute Gasteiger partial charge is 0.248 e. The summed E-state index contributed by atoms with van der Waals surface area (Å²) in [7, 11) is -3.29. The van der Waals surface area contributed by atoms with Gasteiger partial charge in [0.15, 0.2) is 9.84 Å². The summed E-state index contributed by atoms with van der Waals surface area (Å²) in [5, 5.41) is 0.889. The number of halogens is 1. The zero-order chi connectivity index (χ0) is 19.4. The van der Waals surface area contributed by atoms with E-state index >= 15 is 0 Å². The number of nitrogens with one attached hydrogen (secondary N) is 1. The largest absolute Gasteiger partial charge is 0.494 e. The maximum absolute atomic E-state index is 12.4. The van der Waals surface area contributed by atoms with Crippen molar-refractivity contribution in [3.05, 3.63) is 68.9 Å². The molecule has 3 aromatic rings. The van der Waals surface area contributed by atoms with E-state index in [0.717, 1.165) is 20.9 Å². The molecule has 0 atom stereocenters. The molecule has 1 N–H and O–H groups in total. The van der Waals surface area contributed by atoms with E-state index in [1.165, 1.54) is 6.07 Å². The summed E-state index contributed by atoms with van der Waals surface area (Å²) in [6, 6.07) is 13.7. The summed E-state index contributed by atoms with van der Waals surface area (Å²) >= 11 is 3.38. The van der Waals surface area contributed by atoms with E-state index in [4.69, 9.17) is 4.74 Å². The fraction of sp³-hybridized carbons (Fsp3) is 0.250. The number of benzene rings is 2. The standard InChI is InChI=1S/C20H20BrNO4S/c1-14-12-17(6-7-18(14)21)27(24,25)11-3-2-10-26-16-5-8-19-15(13-16)4-9-20(23)22-19/h4-9,12-13H,2-3,10-11H2,1H3,(H,22,23). The molecule has 5 nitrogen and oxygen atoms in total. The highest BCUT2D eigenvalue weighted by Crippen LogP contribution is 2.22. The minimum atomic E-state index is -3.29. The Hall–Kier alpha value is -2.12. The predicted octanol–water partition coefficient (Wildman–Crippen LogP) is 4.23. The third kappa shape index (κ3) is 4.99. The van der Waals surface area contributed by atoms with E-state index in [1.54, 1.807) is 36.4 Å². The number of aromatic amines is 1. The maximum Gasteiger partial charge on any atom is 0.248 e. The van der Waals surface area contributed by atoms with E-state index in [2.05, 4.69) is 20.9 Å². The monoisotopic (exact) mass is 449 g/mol. The molecule has 0 bridgehead atoms. The molecular formula is C20H20BrNO4S. The second-order valence-corrected chi connectivity index (χ2v) is 9.32. The van der Waals surface area contributed by atoms with Gasteiger partial charge in [0.25, 0.3) is 0 Å². The first-order valence-corrected chi connectivity index (χ1v) is 11.0. The SMILES string of the molecule is Cc1cc(S(=O)(=O)CCCCOc2ccc3[nH]c(=O)ccc3c2)ccc1Br. The van der Waals surface area contributed by atoms with Gasteiger partial charge in [0.2, 0.25) is 5.56 Å². The molecule has 1 heterocycles. The zero-order valence-corrected chi connectivity index (χ0v) is 17.3. The highest BCUT2D eigenvalue weighted by molar-refractivity contribution is 9.10. The average molecular weight is 450 g/mol. The lowest BCUT2D eigenvalue weighted by molar-refractivity contribution is 0.310.